The Balaban J connectivity index is 2.30. The zero-order chi connectivity index (χ0) is 13.7. The van der Waals surface area contributed by atoms with Crippen molar-refractivity contribution in [1.82, 2.24) is 4.72 Å². The van der Waals surface area contributed by atoms with E-state index in [1.165, 1.54) is 0 Å². The Hall–Kier alpha value is -2.07. The summed E-state index contributed by atoms with van der Waals surface area (Å²) in [5, 5.41) is 0. The molecule has 0 unspecified atom stereocenters. The fourth-order valence-corrected chi connectivity index (χ4v) is 2.86. The van der Waals surface area contributed by atoms with E-state index in [1.54, 1.807) is 43.3 Å². The number of benzene rings is 2. The summed E-state index contributed by atoms with van der Waals surface area (Å²) in [7, 11) is -3.54. The van der Waals surface area contributed by atoms with Gasteiger partial charge in [0.2, 0.25) is 0 Å². The first kappa shape index (κ1) is 13.4. The van der Waals surface area contributed by atoms with Crippen molar-refractivity contribution < 1.29 is 8.42 Å². The van der Waals surface area contributed by atoms with Gasteiger partial charge in [0.15, 0.2) is 0 Å². The minimum atomic E-state index is -3.54. The van der Waals surface area contributed by atoms with Gasteiger partial charge in [0.05, 0.1) is 10.6 Å². The molecule has 0 aromatic heterocycles. The van der Waals surface area contributed by atoms with Gasteiger partial charge in [-0.05, 0) is 24.6 Å². The molecule has 0 atom stereocenters. The number of hydrogen-bond donors (Lipinski definition) is 1. The van der Waals surface area contributed by atoms with Gasteiger partial charge in [0.25, 0.3) is 10.0 Å². The average Bonchev–Trinajstić information content (AvgIpc) is 2.47. The van der Waals surface area contributed by atoms with Crippen LogP contribution in [0.3, 0.4) is 0 Å². The minimum absolute atomic E-state index is 0.255. The van der Waals surface area contributed by atoms with Crippen LogP contribution in [0.2, 0.25) is 0 Å². The van der Waals surface area contributed by atoms with Crippen LogP contribution < -0.4 is 4.72 Å². The Morgan fingerprint density at radius 3 is 2.00 bits per heavy atom. The average molecular weight is 273 g/mol. The molecule has 0 saturated heterocycles. The van der Waals surface area contributed by atoms with E-state index in [0.29, 0.717) is 5.70 Å². The zero-order valence-electron chi connectivity index (χ0n) is 10.6. The van der Waals surface area contributed by atoms with Crippen molar-refractivity contribution in [1.29, 1.82) is 0 Å². The highest BCUT2D eigenvalue weighted by atomic mass is 32.2. The van der Waals surface area contributed by atoms with Gasteiger partial charge in [0, 0.05) is 0 Å². The number of hydrogen-bond acceptors (Lipinski definition) is 2. The second-order valence-corrected chi connectivity index (χ2v) is 5.67. The standard InChI is InChI=1S/C15H15NO2S/c1-2-15(13-9-5-3-6-10-13)16-19(17,18)14-11-7-4-8-12-14/h2-12,16H,1H3/b15-2-. The highest BCUT2D eigenvalue weighted by Gasteiger charge is 2.15. The fourth-order valence-electron chi connectivity index (χ4n) is 1.71. The van der Waals surface area contributed by atoms with Crippen molar-refractivity contribution in [2.75, 3.05) is 0 Å². The molecule has 1 N–H and O–H groups in total. The summed E-state index contributed by atoms with van der Waals surface area (Å²) in [5.74, 6) is 0. The van der Waals surface area contributed by atoms with Crippen LogP contribution in [-0.4, -0.2) is 8.42 Å². The fraction of sp³-hybridized carbons (Fsp3) is 0.0667. The van der Waals surface area contributed by atoms with Gasteiger partial charge in [-0.25, -0.2) is 8.42 Å². The quantitative estimate of drug-likeness (QED) is 0.930. The monoisotopic (exact) mass is 273 g/mol. The third-order valence-corrected chi connectivity index (χ3v) is 4.05. The highest BCUT2D eigenvalue weighted by Crippen LogP contribution is 2.15. The molecule has 0 heterocycles. The number of allylic oxidation sites excluding steroid dienone is 1. The summed E-state index contributed by atoms with van der Waals surface area (Å²) in [5.41, 5.74) is 1.41. The molecule has 0 spiro atoms. The second kappa shape index (κ2) is 5.71. The van der Waals surface area contributed by atoms with Gasteiger partial charge in [-0.15, -0.1) is 0 Å². The van der Waals surface area contributed by atoms with Gasteiger partial charge < -0.3 is 0 Å². The van der Waals surface area contributed by atoms with E-state index in [4.69, 9.17) is 0 Å². The van der Waals surface area contributed by atoms with E-state index in [9.17, 15) is 8.42 Å². The van der Waals surface area contributed by atoms with Crippen molar-refractivity contribution in [3.8, 4) is 0 Å². The van der Waals surface area contributed by atoms with Crippen LogP contribution in [0.5, 0.6) is 0 Å². The molecule has 0 saturated carbocycles. The molecule has 4 heteroatoms. The molecule has 2 rings (SSSR count). The van der Waals surface area contributed by atoms with Crippen molar-refractivity contribution in [2.45, 2.75) is 11.8 Å². The maximum absolute atomic E-state index is 12.2. The normalized spacial score (nSPS) is 12.2. The Bertz CT molecular complexity index is 662. The zero-order valence-corrected chi connectivity index (χ0v) is 11.4. The molecule has 2 aromatic carbocycles. The van der Waals surface area contributed by atoms with Crippen molar-refractivity contribution in [3.63, 3.8) is 0 Å². The number of sulfonamides is 1. The van der Waals surface area contributed by atoms with E-state index >= 15 is 0 Å². The molecular formula is C15H15NO2S. The Labute approximate surface area is 113 Å². The van der Waals surface area contributed by atoms with Crippen LogP contribution in [0.1, 0.15) is 12.5 Å². The molecule has 0 aliphatic rings. The van der Waals surface area contributed by atoms with Crippen molar-refractivity contribution >= 4 is 15.7 Å². The van der Waals surface area contributed by atoms with Crippen LogP contribution in [0.4, 0.5) is 0 Å². The lowest BCUT2D eigenvalue weighted by atomic mass is 10.2. The summed E-state index contributed by atoms with van der Waals surface area (Å²) in [6.45, 7) is 1.80. The summed E-state index contributed by atoms with van der Waals surface area (Å²) < 4.78 is 27.1. The maximum atomic E-state index is 12.2. The van der Waals surface area contributed by atoms with E-state index in [1.807, 2.05) is 30.3 Å². The SMILES string of the molecule is C/C=C(\NS(=O)(=O)c1ccccc1)c1ccccc1. The molecular weight excluding hydrogens is 258 g/mol. The lowest BCUT2D eigenvalue weighted by Gasteiger charge is -2.11. The van der Waals surface area contributed by atoms with Gasteiger partial charge in [-0.3, -0.25) is 4.72 Å². The maximum Gasteiger partial charge on any atom is 0.261 e. The number of nitrogens with one attached hydrogen (secondary N) is 1. The molecule has 0 bridgehead atoms. The molecule has 0 fully saturated rings. The largest absolute Gasteiger partial charge is 0.279 e. The van der Waals surface area contributed by atoms with Crippen LogP contribution in [0, 0.1) is 0 Å². The summed E-state index contributed by atoms with van der Waals surface area (Å²) in [6, 6.07) is 17.7. The van der Waals surface area contributed by atoms with Gasteiger partial charge in [-0.1, -0.05) is 54.6 Å². The Morgan fingerprint density at radius 1 is 0.947 bits per heavy atom. The molecule has 0 aliphatic heterocycles. The Kier molecular flexibility index (Phi) is 4.02. The highest BCUT2D eigenvalue weighted by molar-refractivity contribution is 7.89. The predicted octanol–water partition coefficient (Wildman–Crippen LogP) is 3.03. The van der Waals surface area contributed by atoms with Crippen molar-refractivity contribution in [3.05, 3.63) is 72.3 Å². The molecule has 0 radical (unpaired) electrons. The third kappa shape index (κ3) is 3.23. The van der Waals surface area contributed by atoms with E-state index in [2.05, 4.69) is 4.72 Å². The predicted molar refractivity (Wildman–Crippen MR) is 76.9 cm³/mol. The molecule has 3 nitrogen and oxygen atoms in total. The van der Waals surface area contributed by atoms with E-state index in [0.717, 1.165) is 5.56 Å². The topological polar surface area (TPSA) is 46.2 Å². The van der Waals surface area contributed by atoms with Crippen LogP contribution in [-0.2, 0) is 10.0 Å². The van der Waals surface area contributed by atoms with Crippen LogP contribution >= 0.6 is 0 Å². The molecule has 98 valence electrons. The molecule has 0 amide bonds. The lowest BCUT2D eigenvalue weighted by molar-refractivity contribution is 0.591. The lowest BCUT2D eigenvalue weighted by Crippen LogP contribution is -2.22. The minimum Gasteiger partial charge on any atom is -0.279 e. The molecule has 2 aromatic rings. The van der Waals surface area contributed by atoms with Gasteiger partial charge in [-0.2, -0.15) is 0 Å². The first-order valence-electron chi connectivity index (χ1n) is 5.93. The van der Waals surface area contributed by atoms with E-state index in [-0.39, 0.29) is 4.90 Å². The smallest absolute Gasteiger partial charge is 0.261 e. The number of rotatable bonds is 4. The summed E-state index contributed by atoms with van der Waals surface area (Å²) >= 11 is 0. The molecule has 0 aliphatic carbocycles. The summed E-state index contributed by atoms with van der Waals surface area (Å²) in [4.78, 5) is 0.255. The summed E-state index contributed by atoms with van der Waals surface area (Å²) in [6.07, 6.45) is 1.75. The Morgan fingerprint density at radius 2 is 1.47 bits per heavy atom. The van der Waals surface area contributed by atoms with Gasteiger partial charge in [0.1, 0.15) is 0 Å². The third-order valence-electron chi connectivity index (χ3n) is 2.67. The van der Waals surface area contributed by atoms with Crippen LogP contribution in [0.15, 0.2) is 71.6 Å². The second-order valence-electron chi connectivity index (χ2n) is 3.99. The first-order valence-corrected chi connectivity index (χ1v) is 7.41. The van der Waals surface area contributed by atoms with Crippen LogP contribution in [0.25, 0.3) is 5.70 Å². The molecule has 19 heavy (non-hydrogen) atoms. The van der Waals surface area contributed by atoms with Gasteiger partial charge >= 0.3 is 0 Å². The van der Waals surface area contributed by atoms with Crippen molar-refractivity contribution in [2.24, 2.45) is 0 Å². The van der Waals surface area contributed by atoms with E-state index < -0.39 is 10.0 Å². The first-order chi connectivity index (χ1) is 9.13.